The average molecular weight is 103 g/mol. The SMILES string of the molecule is O.O=C(O)O.[Na]. The smallest absolute Gasteiger partial charge is 0.450 e. The number of carbonyl (C=O) groups is 1. The summed E-state index contributed by atoms with van der Waals surface area (Å²) in [7, 11) is 0. The molecule has 0 aromatic rings. The van der Waals surface area contributed by atoms with Crippen LogP contribution in [0.5, 0.6) is 0 Å². The molecule has 0 aromatic heterocycles. The minimum Gasteiger partial charge on any atom is -0.450 e. The van der Waals surface area contributed by atoms with Crippen molar-refractivity contribution in [3.05, 3.63) is 0 Å². The molecular formula is CH4NaO4. The van der Waals surface area contributed by atoms with Crippen LogP contribution in [0.2, 0.25) is 0 Å². The largest absolute Gasteiger partial charge is 0.503 e. The first kappa shape index (κ1) is 16.3. The molecule has 4 N–H and O–H groups in total. The molecular weight excluding hydrogens is 99.0 g/mol. The fourth-order valence-corrected chi connectivity index (χ4v) is 0. The minimum atomic E-state index is -1.83. The van der Waals surface area contributed by atoms with Gasteiger partial charge in [-0.05, 0) is 0 Å². The number of carboxylic acid groups (broad SMARTS) is 2. The van der Waals surface area contributed by atoms with Crippen LogP contribution in [0.4, 0.5) is 4.79 Å². The van der Waals surface area contributed by atoms with Crippen LogP contribution in [0.25, 0.3) is 0 Å². The van der Waals surface area contributed by atoms with Crippen molar-refractivity contribution in [3.63, 3.8) is 0 Å². The Labute approximate surface area is 56.4 Å². The predicted octanol–water partition coefficient (Wildman–Crippen LogP) is -0.983. The van der Waals surface area contributed by atoms with Crippen LogP contribution in [-0.2, 0) is 0 Å². The molecule has 33 valence electrons. The van der Waals surface area contributed by atoms with Gasteiger partial charge in [-0.2, -0.15) is 0 Å². The van der Waals surface area contributed by atoms with Gasteiger partial charge in [0.05, 0.1) is 0 Å². The van der Waals surface area contributed by atoms with Crippen molar-refractivity contribution in [2.45, 2.75) is 0 Å². The summed E-state index contributed by atoms with van der Waals surface area (Å²) < 4.78 is 0. The molecule has 4 nitrogen and oxygen atoms in total. The Kier molecular flexibility index (Phi) is 24.4. The minimum absolute atomic E-state index is 0. The van der Waals surface area contributed by atoms with Crippen LogP contribution < -0.4 is 0 Å². The fourth-order valence-electron chi connectivity index (χ4n) is 0. The van der Waals surface area contributed by atoms with Crippen LogP contribution in [0.3, 0.4) is 0 Å². The molecule has 0 saturated carbocycles. The first-order valence-electron chi connectivity index (χ1n) is 0.651. The van der Waals surface area contributed by atoms with Gasteiger partial charge in [-0.15, -0.1) is 0 Å². The van der Waals surface area contributed by atoms with Gasteiger partial charge in [0.15, 0.2) is 0 Å². The van der Waals surface area contributed by atoms with Crippen LogP contribution in [0.15, 0.2) is 0 Å². The van der Waals surface area contributed by atoms with Crippen molar-refractivity contribution >= 4 is 35.7 Å². The zero-order chi connectivity index (χ0) is 3.58. The summed E-state index contributed by atoms with van der Waals surface area (Å²) in [4.78, 5) is 8.56. The van der Waals surface area contributed by atoms with Crippen molar-refractivity contribution in [3.8, 4) is 0 Å². The van der Waals surface area contributed by atoms with Crippen LogP contribution >= 0.6 is 0 Å². The Balaban J connectivity index is -0.0000000450. The molecule has 0 bridgehead atoms. The van der Waals surface area contributed by atoms with E-state index < -0.39 is 6.16 Å². The van der Waals surface area contributed by atoms with Gasteiger partial charge < -0.3 is 15.7 Å². The number of hydrogen-bond donors (Lipinski definition) is 2. The van der Waals surface area contributed by atoms with Crippen molar-refractivity contribution in [2.75, 3.05) is 0 Å². The van der Waals surface area contributed by atoms with E-state index in [0.29, 0.717) is 0 Å². The number of rotatable bonds is 0. The summed E-state index contributed by atoms with van der Waals surface area (Å²) in [5, 5.41) is 13.9. The van der Waals surface area contributed by atoms with Gasteiger partial charge in [-0.1, -0.05) is 0 Å². The molecule has 0 saturated heterocycles. The van der Waals surface area contributed by atoms with Gasteiger partial charge in [0.1, 0.15) is 0 Å². The van der Waals surface area contributed by atoms with Crippen LogP contribution in [0.1, 0.15) is 0 Å². The molecule has 0 unspecified atom stereocenters. The summed E-state index contributed by atoms with van der Waals surface area (Å²) in [6.07, 6.45) is -1.83. The zero-order valence-corrected chi connectivity index (χ0v) is 5.30. The standard InChI is InChI=1S/CH2O3.Na.H2O/c2-1(3)4;;/h(H2,2,3,4);;1H2. The molecule has 0 amide bonds. The van der Waals surface area contributed by atoms with E-state index >= 15 is 0 Å². The van der Waals surface area contributed by atoms with Gasteiger partial charge in [0.2, 0.25) is 0 Å². The third-order valence-electron chi connectivity index (χ3n) is 0. The van der Waals surface area contributed by atoms with Gasteiger partial charge in [-0.25, -0.2) is 4.79 Å². The Morgan fingerprint density at radius 2 is 1.33 bits per heavy atom. The van der Waals surface area contributed by atoms with Crippen LogP contribution in [0, 0.1) is 0 Å². The monoisotopic (exact) mass is 103 g/mol. The summed E-state index contributed by atoms with van der Waals surface area (Å²) >= 11 is 0. The van der Waals surface area contributed by atoms with Crippen molar-refractivity contribution in [1.82, 2.24) is 0 Å². The molecule has 6 heavy (non-hydrogen) atoms. The molecule has 0 atom stereocenters. The van der Waals surface area contributed by atoms with Gasteiger partial charge in [0, 0.05) is 29.6 Å². The average Bonchev–Trinajstić information content (AvgIpc) is 0.811. The van der Waals surface area contributed by atoms with Gasteiger partial charge >= 0.3 is 6.16 Å². The first-order valence-corrected chi connectivity index (χ1v) is 0.651. The van der Waals surface area contributed by atoms with E-state index in [-0.39, 0.29) is 35.0 Å². The van der Waals surface area contributed by atoms with Crippen molar-refractivity contribution in [1.29, 1.82) is 0 Å². The zero-order valence-electron chi connectivity index (χ0n) is 3.30. The maximum Gasteiger partial charge on any atom is 0.503 e. The second-order valence-corrected chi connectivity index (χ2v) is 0.283. The summed E-state index contributed by atoms with van der Waals surface area (Å²) in [5.74, 6) is 0. The maximum atomic E-state index is 8.56. The molecule has 0 aliphatic carbocycles. The summed E-state index contributed by atoms with van der Waals surface area (Å²) in [6, 6.07) is 0. The third kappa shape index (κ3) is 834. The molecule has 1 radical (unpaired) electrons. The maximum absolute atomic E-state index is 8.56. The van der Waals surface area contributed by atoms with E-state index in [9.17, 15) is 0 Å². The molecule has 0 fully saturated rings. The molecule has 0 aromatic carbocycles. The van der Waals surface area contributed by atoms with E-state index in [1.165, 1.54) is 0 Å². The number of hydrogen-bond acceptors (Lipinski definition) is 1. The van der Waals surface area contributed by atoms with Gasteiger partial charge in [0.25, 0.3) is 0 Å². The second kappa shape index (κ2) is 8.97. The Morgan fingerprint density at radius 1 is 1.33 bits per heavy atom. The van der Waals surface area contributed by atoms with Crippen molar-refractivity contribution < 1.29 is 20.5 Å². The molecule has 0 rings (SSSR count). The third-order valence-corrected chi connectivity index (χ3v) is 0. The predicted molar refractivity (Wildman–Crippen MR) is 20.0 cm³/mol. The van der Waals surface area contributed by atoms with E-state index in [2.05, 4.69) is 0 Å². The van der Waals surface area contributed by atoms with E-state index in [1.807, 2.05) is 0 Å². The Morgan fingerprint density at radius 3 is 1.33 bits per heavy atom. The summed E-state index contributed by atoms with van der Waals surface area (Å²) in [5.41, 5.74) is 0. The molecule has 0 spiro atoms. The normalized spacial score (nSPS) is 4.00. The van der Waals surface area contributed by atoms with E-state index in [1.54, 1.807) is 0 Å². The van der Waals surface area contributed by atoms with Gasteiger partial charge in [-0.3, -0.25) is 0 Å². The molecule has 0 aliphatic rings. The molecule has 5 heteroatoms. The first-order chi connectivity index (χ1) is 1.73. The Hall–Kier alpha value is 0.230. The second-order valence-electron chi connectivity index (χ2n) is 0.283. The quantitative estimate of drug-likeness (QED) is 0.386. The summed E-state index contributed by atoms with van der Waals surface area (Å²) in [6.45, 7) is 0. The fraction of sp³-hybridized carbons (Fsp3) is 0. The topological polar surface area (TPSA) is 89.0 Å². The van der Waals surface area contributed by atoms with E-state index in [4.69, 9.17) is 15.0 Å². The van der Waals surface area contributed by atoms with E-state index in [0.717, 1.165) is 0 Å². The van der Waals surface area contributed by atoms with Crippen LogP contribution in [-0.4, -0.2) is 51.4 Å². The Bertz CT molecular complexity index is 30.5. The van der Waals surface area contributed by atoms with Crippen molar-refractivity contribution in [2.24, 2.45) is 0 Å². The molecule has 0 heterocycles. The molecule has 0 aliphatic heterocycles.